The number of carbonyl (C=O) groups is 1. The van der Waals surface area contributed by atoms with Gasteiger partial charge in [-0.15, -0.1) is 0 Å². The maximum Gasteiger partial charge on any atom is 0.159 e. The fraction of sp³-hybridized carbons (Fsp3) is 0.167. The fourth-order valence-electron chi connectivity index (χ4n) is 0.494. The predicted octanol–water partition coefficient (Wildman–Crippen LogP) is 0.691. The average molecular weight is 134 g/mol. The van der Waals surface area contributed by atoms with Crippen molar-refractivity contribution >= 4 is 43.5 Å². The first-order valence-corrected chi connectivity index (χ1v) is 2.25. The molecule has 0 fully saturated rings. The molecule has 0 atom stereocenters. The van der Waals surface area contributed by atoms with Crippen LogP contribution in [0.3, 0.4) is 0 Å². The minimum atomic E-state index is 0. The molecule has 1 rings (SSSR count). The summed E-state index contributed by atoms with van der Waals surface area (Å²) in [5, 5.41) is 0. The smallest absolute Gasteiger partial charge is 0.159 e. The van der Waals surface area contributed by atoms with Gasteiger partial charge in [0.15, 0.2) is 5.78 Å². The van der Waals surface area contributed by atoms with Crippen molar-refractivity contribution in [3.05, 3.63) is 24.3 Å². The van der Waals surface area contributed by atoms with E-state index in [1.807, 2.05) is 12.2 Å². The van der Waals surface area contributed by atoms with E-state index in [1.165, 1.54) is 0 Å². The van der Waals surface area contributed by atoms with E-state index in [0.29, 0.717) is 6.42 Å². The van der Waals surface area contributed by atoms with Gasteiger partial charge in [0, 0.05) is 44.2 Å². The molecule has 0 aromatic carbocycles. The summed E-state index contributed by atoms with van der Waals surface area (Å²) in [4.78, 5) is 10.3. The van der Waals surface area contributed by atoms with E-state index in [2.05, 4.69) is 0 Å². The Morgan fingerprint density at radius 3 is 2.38 bits per heavy atom. The summed E-state index contributed by atoms with van der Waals surface area (Å²) < 4.78 is 0. The molecule has 0 unspecified atom stereocenters. The summed E-state index contributed by atoms with van der Waals surface area (Å²) in [6.45, 7) is 0. The minimum Gasteiger partial charge on any atom is -0.295 e. The zero-order chi connectivity index (χ0) is 5.11. The number of hydrogen-bond acceptors (Lipinski definition) is 1. The molecule has 0 N–H and O–H groups in total. The normalized spacial score (nSPS) is 15.8. The van der Waals surface area contributed by atoms with Crippen LogP contribution in [0.1, 0.15) is 6.42 Å². The molecule has 0 spiro atoms. The van der Waals surface area contributed by atoms with Gasteiger partial charge in [-0.2, -0.15) is 0 Å². The number of allylic oxidation sites excluding steroid dienone is 4. The maximum absolute atomic E-state index is 10.3. The van der Waals surface area contributed by atoms with E-state index in [-0.39, 0.29) is 43.5 Å². The molecule has 2 radical (unpaired) electrons. The second-order valence-electron chi connectivity index (χ2n) is 1.46. The third-order valence-corrected chi connectivity index (χ3v) is 0.848. The number of hydrogen-bond donors (Lipinski definition) is 0. The molecular weight excluding hydrogens is 128 g/mol. The molecule has 1 aliphatic rings. The van der Waals surface area contributed by atoms with Crippen LogP contribution in [0.2, 0.25) is 0 Å². The van der Waals surface area contributed by atoms with Crippen LogP contribution in [0, 0.1) is 0 Å². The number of carbonyl (C=O) groups excluding carboxylic acids is 1. The van der Waals surface area contributed by atoms with Crippen molar-refractivity contribution in [2.24, 2.45) is 0 Å². The monoisotopic (exact) mass is 134 g/mol. The Bertz CT molecular complexity index is 135. The Labute approximate surface area is 78.5 Å². The number of rotatable bonds is 0. The van der Waals surface area contributed by atoms with Crippen LogP contribution in [0.5, 0.6) is 0 Å². The predicted molar refractivity (Wildman–Crippen MR) is 33.7 cm³/mol. The Hall–Kier alpha value is 0.410. The molecule has 0 aromatic rings. The summed E-state index contributed by atoms with van der Waals surface area (Å²) >= 11 is 0. The van der Waals surface area contributed by atoms with Crippen LogP contribution in [-0.4, -0.2) is 43.5 Å². The summed E-state index contributed by atoms with van der Waals surface area (Å²) in [5.74, 6) is 0.197. The van der Waals surface area contributed by atoms with Gasteiger partial charge in [-0.1, -0.05) is 18.2 Å². The molecule has 0 aliphatic heterocycles. The van der Waals surface area contributed by atoms with Crippen LogP contribution < -0.4 is 0 Å². The molecule has 8 heavy (non-hydrogen) atoms. The summed E-state index contributed by atoms with van der Waals surface area (Å²) in [5.41, 5.74) is 0. The van der Waals surface area contributed by atoms with Crippen LogP contribution in [0.4, 0.5) is 0 Å². The van der Waals surface area contributed by atoms with E-state index in [0.717, 1.165) is 0 Å². The molecule has 0 amide bonds. The van der Waals surface area contributed by atoms with E-state index >= 15 is 0 Å². The second kappa shape index (κ2) is 4.30. The molecule has 1 nitrogen and oxygen atoms in total. The van der Waals surface area contributed by atoms with Gasteiger partial charge in [-0.3, -0.25) is 4.79 Å². The standard InChI is InChI=1S/C6H6O.Ca/c7-6-4-2-1-3-5-6;/h1-4H,5H2;. The van der Waals surface area contributed by atoms with Gasteiger partial charge in [0.1, 0.15) is 0 Å². The van der Waals surface area contributed by atoms with Crippen LogP contribution >= 0.6 is 0 Å². The molecule has 2 heteroatoms. The van der Waals surface area contributed by atoms with Gasteiger partial charge in [0.05, 0.1) is 0 Å². The van der Waals surface area contributed by atoms with Gasteiger partial charge >= 0.3 is 0 Å². The van der Waals surface area contributed by atoms with Crippen molar-refractivity contribution in [2.45, 2.75) is 6.42 Å². The van der Waals surface area contributed by atoms with Crippen molar-refractivity contribution in [1.29, 1.82) is 0 Å². The minimum absolute atomic E-state index is 0. The van der Waals surface area contributed by atoms with Crippen molar-refractivity contribution in [3.8, 4) is 0 Å². The van der Waals surface area contributed by atoms with Crippen molar-refractivity contribution in [3.63, 3.8) is 0 Å². The van der Waals surface area contributed by atoms with Gasteiger partial charge < -0.3 is 0 Å². The largest absolute Gasteiger partial charge is 0.295 e. The Morgan fingerprint density at radius 2 is 2.12 bits per heavy atom. The molecule has 1 aliphatic carbocycles. The van der Waals surface area contributed by atoms with E-state index in [9.17, 15) is 4.79 Å². The summed E-state index contributed by atoms with van der Waals surface area (Å²) in [7, 11) is 0. The first-order valence-electron chi connectivity index (χ1n) is 2.25. The zero-order valence-electron chi connectivity index (χ0n) is 4.63. The third kappa shape index (κ3) is 2.65. The first-order chi connectivity index (χ1) is 3.39. The van der Waals surface area contributed by atoms with E-state index < -0.39 is 0 Å². The Morgan fingerprint density at radius 1 is 1.38 bits per heavy atom. The van der Waals surface area contributed by atoms with Crippen LogP contribution in [0.15, 0.2) is 24.3 Å². The first kappa shape index (κ1) is 8.41. The molecule has 0 bridgehead atoms. The molecule has 38 valence electrons. The molecule has 0 heterocycles. The molecule has 0 aromatic heterocycles. The maximum atomic E-state index is 10.3. The topological polar surface area (TPSA) is 17.1 Å². The van der Waals surface area contributed by atoms with E-state index in [4.69, 9.17) is 0 Å². The Kier molecular flexibility index (Phi) is 4.52. The van der Waals surface area contributed by atoms with Crippen molar-refractivity contribution in [1.82, 2.24) is 0 Å². The van der Waals surface area contributed by atoms with Gasteiger partial charge in [-0.25, -0.2) is 0 Å². The molecule has 0 saturated carbocycles. The SMILES string of the molecule is O=C1C=CC=CC1.[Ca]. The summed E-state index contributed by atoms with van der Waals surface area (Å²) in [6.07, 6.45) is 7.64. The van der Waals surface area contributed by atoms with Crippen LogP contribution in [-0.2, 0) is 4.79 Å². The molecular formula is C6H6CaO. The third-order valence-electron chi connectivity index (χ3n) is 0.848. The van der Waals surface area contributed by atoms with Gasteiger partial charge in [-0.05, 0) is 6.08 Å². The van der Waals surface area contributed by atoms with Crippen LogP contribution in [0.25, 0.3) is 0 Å². The van der Waals surface area contributed by atoms with Gasteiger partial charge in [0.25, 0.3) is 0 Å². The zero-order valence-corrected chi connectivity index (χ0v) is 6.84. The number of ketones is 1. The average Bonchev–Trinajstić information content (AvgIpc) is 1.69. The fourth-order valence-corrected chi connectivity index (χ4v) is 0.494. The van der Waals surface area contributed by atoms with Gasteiger partial charge in [0.2, 0.25) is 0 Å². The van der Waals surface area contributed by atoms with Crippen molar-refractivity contribution < 1.29 is 4.79 Å². The second-order valence-corrected chi connectivity index (χ2v) is 1.46. The van der Waals surface area contributed by atoms with Crippen molar-refractivity contribution in [2.75, 3.05) is 0 Å². The Balaban J connectivity index is 0.000000490. The van der Waals surface area contributed by atoms with E-state index in [1.54, 1.807) is 12.2 Å². The molecule has 0 saturated heterocycles. The quantitative estimate of drug-likeness (QED) is 0.445. The summed E-state index contributed by atoms with van der Waals surface area (Å²) in [6, 6.07) is 0.